The highest BCUT2D eigenvalue weighted by Crippen LogP contribution is 2.47. The van der Waals surface area contributed by atoms with Gasteiger partial charge in [0, 0.05) is 24.7 Å². The van der Waals surface area contributed by atoms with Crippen LogP contribution in [0.5, 0.6) is 0 Å². The highest BCUT2D eigenvalue weighted by atomic mass is 17.4. The van der Waals surface area contributed by atoms with E-state index in [4.69, 9.17) is 19.6 Å². The Bertz CT molecular complexity index is 266. The second-order valence-corrected chi connectivity index (χ2v) is 6.25. The molecule has 2 atom stereocenters. The quantitative estimate of drug-likeness (QED) is 0.619. The van der Waals surface area contributed by atoms with Gasteiger partial charge in [-0.15, -0.1) is 0 Å². The van der Waals surface area contributed by atoms with Gasteiger partial charge >= 0.3 is 0 Å². The van der Waals surface area contributed by atoms with Gasteiger partial charge in [-0.1, -0.05) is 26.7 Å². The van der Waals surface area contributed by atoms with Gasteiger partial charge in [-0.2, -0.15) is 19.6 Å². The molecule has 3 fully saturated rings. The zero-order valence-electron chi connectivity index (χ0n) is 11.4. The molecule has 0 amide bonds. The van der Waals surface area contributed by atoms with Crippen LogP contribution < -0.4 is 0 Å². The average molecular weight is 256 g/mol. The summed E-state index contributed by atoms with van der Waals surface area (Å²) in [5.74, 6) is -0.688. The van der Waals surface area contributed by atoms with E-state index in [1.54, 1.807) is 0 Å². The van der Waals surface area contributed by atoms with Crippen molar-refractivity contribution in [1.29, 1.82) is 0 Å². The Kier molecular flexibility index (Phi) is 3.39. The standard InChI is InChI=1S/C14H24O4/c1-11-7-3-5-9-13(11)15-17-14(18-16-13)10-6-4-8-12(14)2/h11-12H,3-10H2,1-2H3/t11-,12+,13?,14?. The molecular formula is C14H24O4. The summed E-state index contributed by atoms with van der Waals surface area (Å²) in [6.45, 7) is 4.29. The molecule has 1 aliphatic heterocycles. The predicted octanol–water partition coefficient (Wildman–Crippen LogP) is 3.71. The molecule has 0 aromatic heterocycles. The summed E-state index contributed by atoms with van der Waals surface area (Å²) in [6.07, 6.45) is 8.62. The van der Waals surface area contributed by atoms with Crippen molar-refractivity contribution in [1.82, 2.24) is 0 Å². The van der Waals surface area contributed by atoms with E-state index in [0.717, 1.165) is 38.5 Å². The van der Waals surface area contributed by atoms with Crippen molar-refractivity contribution in [3.05, 3.63) is 0 Å². The van der Waals surface area contributed by atoms with Crippen LogP contribution in [0.1, 0.15) is 65.2 Å². The first kappa shape index (κ1) is 12.9. The van der Waals surface area contributed by atoms with Crippen LogP contribution >= 0.6 is 0 Å². The predicted molar refractivity (Wildman–Crippen MR) is 65.1 cm³/mol. The van der Waals surface area contributed by atoms with Crippen LogP contribution in [-0.2, 0) is 19.6 Å². The maximum atomic E-state index is 5.74. The fraction of sp³-hybridized carbons (Fsp3) is 1.00. The molecule has 2 aliphatic carbocycles. The van der Waals surface area contributed by atoms with Gasteiger partial charge in [0.25, 0.3) is 0 Å². The summed E-state index contributed by atoms with van der Waals surface area (Å²) in [5.41, 5.74) is 0. The van der Waals surface area contributed by atoms with Crippen molar-refractivity contribution in [3.63, 3.8) is 0 Å². The van der Waals surface area contributed by atoms with Crippen LogP contribution in [0.15, 0.2) is 0 Å². The minimum absolute atomic E-state index is 0.322. The average Bonchev–Trinajstić information content (AvgIpc) is 2.40. The van der Waals surface area contributed by atoms with Crippen molar-refractivity contribution in [2.24, 2.45) is 11.8 Å². The number of hydrogen-bond donors (Lipinski definition) is 0. The highest BCUT2D eigenvalue weighted by Gasteiger charge is 2.54. The molecule has 0 radical (unpaired) electrons. The lowest BCUT2D eigenvalue weighted by Crippen LogP contribution is -2.57. The second kappa shape index (κ2) is 4.75. The van der Waals surface area contributed by atoms with Crippen molar-refractivity contribution >= 4 is 0 Å². The normalized spacial score (nSPS) is 49.7. The lowest BCUT2D eigenvalue weighted by atomic mass is 9.84. The van der Waals surface area contributed by atoms with Crippen LogP contribution in [-0.4, -0.2) is 11.6 Å². The molecule has 0 N–H and O–H groups in total. The van der Waals surface area contributed by atoms with E-state index < -0.39 is 11.6 Å². The first-order valence-electron chi connectivity index (χ1n) is 7.41. The third-order valence-corrected chi connectivity index (χ3v) is 4.97. The Morgan fingerprint density at radius 1 is 0.667 bits per heavy atom. The van der Waals surface area contributed by atoms with Crippen molar-refractivity contribution in [2.45, 2.75) is 76.8 Å². The highest BCUT2D eigenvalue weighted by molar-refractivity contribution is 4.85. The molecule has 104 valence electrons. The summed E-state index contributed by atoms with van der Waals surface area (Å²) in [6, 6.07) is 0. The number of rotatable bonds is 0. The lowest BCUT2D eigenvalue weighted by molar-refractivity contribution is -0.674. The molecule has 2 spiro atoms. The van der Waals surface area contributed by atoms with E-state index in [1.807, 2.05) is 0 Å². The molecule has 3 aliphatic rings. The van der Waals surface area contributed by atoms with Gasteiger partial charge < -0.3 is 0 Å². The van der Waals surface area contributed by atoms with Crippen molar-refractivity contribution < 1.29 is 19.6 Å². The van der Waals surface area contributed by atoms with Gasteiger partial charge in [-0.05, 0) is 25.7 Å². The Morgan fingerprint density at radius 3 is 1.39 bits per heavy atom. The maximum absolute atomic E-state index is 5.74. The minimum atomic E-state index is -0.666. The first-order chi connectivity index (χ1) is 8.67. The minimum Gasteiger partial charge on any atom is -0.195 e. The van der Waals surface area contributed by atoms with Gasteiger partial charge in [0.15, 0.2) is 0 Å². The molecule has 0 unspecified atom stereocenters. The Morgan fingerprint density at radius 2 is 1.06 bits per heavy atom. The molecule has 1 saturated heterocycles. The summed E-state index contributed by atoms with van der Waals surface area (Å²) in [4.78, 5) is 22.9. The van der Waals surface area contributed by atoms with Crippen LogP contribution in [0.25, 0.3) is 0 Å². The fourth-order valence-corrected chi connectivity index (χ4v) is 3.38. The zero-order chi connectivity index (χ0) is 12.6. The van der Waals surface area contributed by atoms with Crippen LogP contribution in [0.4, 0.5) is 0 Å². The molecule has 3 rings (SSSR count). The van der Waals surface area contributed by atoms with Gasteiger partial charge in [-0.3, -0.25) is 0 Å². The monoisotopic (exact) mass is 256 g/mol. The van der Waals surface area contributed by atoms with Gasteiger partial charge in [-0.25, -0.2) is 0 Å². The molecule has 0 aromatic rings. The summed E-state index contributed by atoms with van der Waals surface area (Å²) < 4.78 is 0. The van der Waals surface area contributed by atoms with Crippen LogP contribution in [0, 0.1) is 11.8 Å². The molecular weight excluding hydrogens is 232 g/mol. The van der Waals surface area contributed by atoms with E-state index in [9.17, 15) is 0 Å². The largest absolute Gasteiger partial charge is 0.236 e. The van der Waals surface area contributed by atoms with E-state index >= 15 is 0 Å². The molecule has 0 bridgehead atoms. The Hall–Kier alpha value is -0.160. The second-order valence-electron chi connectivity index (χ2n) is 6.25. The van der Waals surface area contributed by atoms with Gasteiger partial charge in [0.05, 0.1) is 0 Å². The molecule has 0 aromatic carbocycles. The third kappa shape index (κ3) is 1.99. The van der Waals surface area contributed by atoms with Gasteiger partial charge in [0.2, 0.25) is 11.6 Å². The summed E-state index contributed by atoms with van der Waals surface area (Å²) in [5, 5.41) is 0. The van der Waals surface area contributed by atoms with Crippen LogP contribution in [0.3, 0.4) is 0 Å². The van der Waals surface area contributed by atoms with Crippen molar-refractivity contribution in [2.75, 3.05) is 0 Å². The topological polar surface area (TPSA) is 36.9 Å². The lowest BCUT2D eigenvalue weighted by Gasteiger charge is -2.50. The molecule has 2 saturated carbocycles. The number of hydrogen-bond acceptors (Lipinski definition) is 4. The molecule has 4 heteroatoms. The van der Waals surface area contributed by atoms with Gasteiger partial charge in [0.1, 0.15) is 0 Å². The van der Waals surface area contributed by atoms with E-state index in [2.05, 4.69) is 13.8 Å². The first-order valence-corrected chi connectivity index (χ1v) is 7.41. The summed E-state index contributed by atoms with van der Waals surface area (Å²) >= 11 is 0. The molecule has 4 nitrogen and oxygen atoms in total. The van der Waals surface area contributed by atoms with Crippen LogP contribution in [0.2, 0.25) is 0 Å². The van der Waals surface area contributed by atoms with E-state index in [-0.39, 0.29) is 0 Å². The zero-order valence-corrected chi connectivity index (χ0v) is 11.4. The Labute approximate surface area is 109 Å². The maximum Gasteiger partial charge on any atom is 0.236 e. The van der Waals surface area contributed by atoms with E-state index in [1.165, 1.54) is 12.8 Å². The molecule has 1 heterocycles. The SMILES string of the molecule is C[C@@H]1CCCCC12OOC1(CCCC[C@@H]1C)OO2. The third-order valence-electron chi connectivity index (χ3n) is 4.97. The fourth-order valence-electron chi connectivity index (χ4n) is 3.38. The molecule has 18 heavy (non-hydrogen) atoms. The smallest absolute Gasteiger partial charge is 0.195 e. The van der Waals surface area contributed by atoms with Crippen molar-refractivity contribution in [3.8, 4) is 0 Å². The summed E-state index contributed by atoms with van der Waals surface area (Å²) in [7, 11) is 0. The van der Waals surface area contributed by atoms with E-state index in [0.29, 0.717) is 11.8 Å². The Balaban J connectivity index is 1.69.